The Labute approximate surface area is 85.6 Å². The molecular formula is C11H19NO2. The zero-order valence-corrected chi connectivity index (χ0v) is 9.16. The number of hydroxylamine groups is 2. The summed E-state index contributed by atoms with van der Waals surface area (Å²) >= 11 is 0. The van der Waals surface area contributed by atoms with Gasteiger partial charge in [0, 0.05) is 6.54 Å². The number of nitrogens with zero attached hydrogens (tertiary/aromatic N) is 1. The van der Waals surface area contributed by atoms with Crippen molar-refractivity contribution < 1.29 is 9.94 Å². The third-order valence-electron chi connectivity index (χ3n) is 2.16. The normalized spacial score (nSPS) is 28.9. The molecule has 1 fully saturated rings. The zero-order chi connectivity index (χ0) is 10.8. The molecule has 1 heterocycles. The molecule has 2 atom stereocenters. The van der Waals surface area contributed by atoms with Crippen LogP contribution < -0.4 is 0 Å². The van der Waals surface area contributed by atoms with Crippen LogP contribution in [0.2, 0.25) is 0 Å². The molecule has 14 heavy (non-hydrogen) atoms. The Balaban J connectivity index is 2.65. The lowest BCUT2D eigenvalue weighted by atomic mass is 10.1. The van der Waals surface area contributed by atoms with Crippen molar-refractivity contribution in [1.82, 2.24) is 5.06 Å². The summed E-state index contributed by atoms with van der Waals surface area (Å²) in [5.41, 5.74) is 2.52. The SMILES string of the molecule is C=C=C[C@@H]1[C@@H](OC(C)(C)C)CCN1O. The molecule has 0 amide bonds. The fourth-order valence-corrected chi connectivity index (χ4v) is 1.67. The topological polar surface area (TPSA) is 32.7 Å². The van der Waals surface area contributed by atoms with E-state index in [9.17, 15) is 5.21 Å². The summed E-state index contributed by atoms with van der Waals surface area (Å²) in [7, 11) is 0. The summed E-state index contributed by atoms with van der Waals surface area (Å²) in [6.07, 6.45) is 2.63. The van der Waals surface area contributed by atoms with Crippen LogP contribution in [0.4, 0.5) is 0 Å². The smallest absolute Gasteiger partial charge is 0.0866 e. The van der Waals surface area contributed by atoms with E-state index in [1.165, 1.54) is 5.06 Å². The van der Waals surface area contributed by atoms with Gasteiger partial charge < -0.3 is 9.94 Å². The van der Waals surface area contributed by atoms with Gasteiger partial charge in [0.2, 0.25) is 0 Å². The largest absolute Gasteiger partial charge is 0.370 e. The first-order valence-electron chi connectivity index (χ1n) is 4.93. The predicted molar refractivity (Wildman–Crippen MR) is 55.2 cm³/mol. The lowest BCUT2D eigenvalue weighted by Crippen LogP contribution is -2.36. The van der Waals surface area contributed by atoms with Crippen LogP contribution >= 0.6 is 0 Å². The fraction of sp³-hybridized carbons (Fsp3) is 0.727. The van der Waals surface area contributed by atoms with Gasteiger partial charge >= 0.3 is 0 Å². The van der Waals surface area contributed by atoms with Crippen molar-refractivity contribution in [1.29, 1.82) is 0 Å². The molecule has 1 N–H and O–H groups in total. The molecular weight excluding hydrogens is 178 g/mol. The monoisotopic (exact) mass is 197 g/mol. The van der Waals surface area contributed by atoms with Crippen molar-refractivity contribution in [3.05, 3.63) is 18.4 Å². The van der Waals surface area contributed by atoms with Crippen molar-refractivity contribution in [2.24, 2.45) is 0 Å². The molecule has 1 aliphatic heterocycles. The van der Waals surface area contributed by atoms with E-state index < -0.39 is 0 Å². The molecule has 0 radical (unpaired) electrons. The fourth-order valence-electron chi connectivity index (χ4n) is 1.67. The van der Waals surface area contributed by atoms with Crippen LogP contribution in [0.3, 0.4) is 0 Å². The average molecular weight is 197 g/mol. The number of rotatable bonds is 2. The Hall–Kier alpha value is -0.600. The van der Waals surface area contributed by atoms with Gasteiger partial charge in [0.1, 0.15) is 0 Å². The minimum absolute atomic E-state index is 0.0363. The molecule has 0 aromatic rings. The van der Waals surface area contributed by atoms with Crippen LogP contribution in [0.25, 0.3) is 0 Å². The summed E-state index contributed by atoms with van der Waals surface area (Å²) in [4.78, 5) is 0. The Morgan fingerprint density at radius 1 is 1.57 bits per heavy atom. The standard InChI is InChI=1S/C11H19NO2/c1-5-6-9-10(7-8-12(9)13)14-11(2,3)4/h6,9-10,13H,1,7-8H2,2-4H3/t9-,10+/m1/s1. The maximum absolute atomic E-state index is 9.54. The Kier molecular flexibility index (Phi) is 3.51. The maximum atomic E-state index is 9.54. The van der Waals surface area contributed by atoms with Gasteiger partial charge in [-0.25, -0.2) is 0 Å². The van der Waals surface area contributed by atoms with Crippen molar-refractivity contribution >= 4 is 0 Å². The number of hydrogen-bond acceptors (Lipinski definition) is 3. The van der Waals surface area contributed by atoms with Crippen LogP contribution in [0.5, 0.6) is 0 Å². The van der Waals surface area contributed by atoms with Gasteiger partial charge in [-0.05, 0) is 33.3 Å². The average Bonchev–Trinajstić information content (AvgIpc) is 2.33. The van der Waals surface area contributed by atoms with Gasteiger partial charge in [-0.2, -0.15) is 5.06 Å². The van der Waals surface area contributed by atoms with Gasteiger partial charge in [-0.15, -0.1) is 5.73 Å². The molecule has 80 valence electrons. The van der Waals surface area contributed by atoms with E-state index >= 15 is 0 Å². The Bertz CT molecular complexity index is 238. The molecule has 1 rings (SSSR count). The number of hydrogen-bond donors (Lipinski definition) is 1. The Morgan fingerprint density at radius 2 is 2.21 bits per heavy atom. The van der Waals surface area contributed by atoms with Crippen LogP contribution in [-0.2, 0) is 4.74 Å². The second-order valence-electron chi connectivity index (χ2n) is 4.58. The van der Waals surface area contributed by atoms with Gasteiger partial charge in [-0.3, -0.25) is 0 Å². The molecule has 1 saturated heterocycles. The minimum Gasteiger partial charge on any atom is -0.370 e. The highest BCUT2D eigenvalue weighted by atomic mass is 16.5. The summed E-state index contributed by atoms with van der Waals surface area (Å²) in [5, 5.41) is 10.8. The molecule has 0 saturated carbocycles. The first-order valence-corrected chi connectivity index (χ1v) is 4.93. The van der Waals surface area contributed by atoms with Gasteiger partial charge in [0.25, 0.3) is 0 Å². The van der Waals surface area contributed by atoms with E-state index in [1.54, 1.807) is 6.08 Å². The first-order chi connectivity index (χ1) is 6.44. The molecule has 0 aromatic heterocycles. The third-order valence-corrected chi connectivity index (χ3v) is 2.16. The number of ether oxygens (including phenoxy) is 1. The van der Waals surface area contributed by atoms with Crippen molar-refractivity contribution in [3.63, 3.8) is 0 Å². The lowest BCUT2D eigenvalue weighted by molar-refractivity contribution is -0.126. The highest BCUT2D eigenvalue weighted by molar-refractivity contribution is 4.99. The van der Waals surface area contributed by atoms with E-state index in [1.807, 2.05) is 20.8 Å². The van der Waals surface area contributed by atoms with Crippen molar-refractivity contribution in [3.8, 4) is 0 Å². The summed E-state index contributed by atoms with van der Waals surface area (Å²) in [6, 6.07) is -0.105. The molecule has 0 bridgehead atoms. The van der Waals surface area contributed by atoms with Gasteiger partial charge in [-0.1, -0.05) is 6.58 Å². The minimum atomic E-state index is -0.177. The van der Waals surface area contributed by atoms with Crippen LogP contribution in [0, 0.1) is 0 Å². The van der Waals surface area contributed by atoms with E-state index in [2.05, 4.69) is 12.3 Å². The molecule has 1 aliphatic rings. The lowest BCUT2D eigenvalue weighted by Gasteiger charge is -2.28. The quantitative estimate of drug-likeness (QED) is 0.687. The third kappa shape index (κ3) is 2.96. The molecule has 0 aliphatic carbocycles. The van der Waals surface area contributed by atoms with E-state index in [4.69, 9.17) is 4.74 Å². The van der Waals surface area contributed by atoms with E-state index in [0.717, 1.165) is 6.42 Å². The molecule has 3 nitrogen and oxygen atoms in total. The molecule has 0 unspecified atom stereocenters. The van der Waals surface area contributed by atoms with Crippen LogP contribution in [0.15, 0.2) is 18.4 Å². The van der Waals surface area contributed by atoms with Gasteiger partial charge in [0.15, 0.2) is 0 Å². The summed E-state index contributed by atoms with van der Waals surface area (Å²) in [6.45, 7) is 10.2. The summed E-state index contributed by atoms with van der Waals surface area (Å²) in [5.74, 6) is 0. The second-order valence-corrected chi connectivity index (χ2v) is 4.58. The van der Waals surface area contributed by atoms with E-state index in [-0.39, 0.29) is 17.7 Å². The molecule has 0 spiro atoms. The van der Waals surface area contributed by atoms with E-state index in [0.29, 0.717) is 6.54 Å². The first kappa shape index (κ1) is 11.5. The summed E-state index contributed by atoms with van der Waals surface area (Å²) < 4.78 is 5.83. The van der Waals surface area contributed by atoms with Crippen molar-refractivity contribution in [2.45, 2.75) is 44.9 Å². The second kappa shape index (κ2) is 4.28. The maximum Gasteiger partial charge on any atom is 0.0866 e. The highest BCUT2D eigenvalue weighted by Gasteiger charge is 2.34. The van der Waals surface area contributed by atoms with Crippen LogP contribution in [0.1, 0.15) is 27.2 Å². The van der Waals surface area contributed by atoms with Gasteiger partial charge in [0.05, 0.1) is 17.7 Å². The Morgan fingerprint density at radius 3 is 2.71 bits per heavy atom. The van der Waals surface area contributed by atoms with Crippen molar-refractivity contribution in [2.75, 3.05) is 6.54 Å². The molecule has 0 aromatic carbocycles. The highest BCUT2D eigenvalue weighted by Crippen LogP contribution is 2.24. The molecule has 3 heteroatoms. The van der Waals surface area contributed by atoms with Crippen LogP contribution in [-0.4, -0.2) is 34.6 Å². The zero-order valence-electron chi connectivity index (χ0n) is 9.16. The predicted octanol–water partition coefficient (Wildman–Crippen LogP) is 1.97.